The molecule has 138 valence electrons. The Hall–Kier alpha value is -1.14. The predicted molar refractivity (Wildman–Crippen MR) is 111 cm³/mol. The minimum Gasteiger partial charge on any atom is -1.00 e. The fourth-order valence-electron chi connectivity index (χ4n) is 2.39. The topological polar surface area (TPSA) is 44.8 Å². The minimum absolute atomic E-state index is 0. The van der Waals surface area contributed by atoms with E-state index in [0.717, 1.165) is 16.7 Å². The molecule has 0 saturated carbocycles. The van der Waals surface area contributed by atoms with Crippen molar-refractivity contribution in [3.8, 4) is 17.2 Å². The van der Waals surface area contributed by atoms with Crippen LogP contribution in [0.25, 0.3) is 0 Å². The molecule has 0 heterocycles. The van der Waals surface area contributed by atoms with Gasteiger partial charge in [-0.15, -0.1) is 0 Å². The van der Waals surface area contributed by atoms with Gasteiger partial charge < -0.3 is 16.4 Å². The molecular weight excluding hydrogens is 485 g/mol. The minimum atomic E-state index is -3.97. The molecular formula is C21H23BaO4P. The van der Waals surface area contributed by atoms with E-state index < -0.39 is 7.82 Å². The Labute approximate surface area is 203 Å². The molecule has 27 heavy (non-hydrogen) atoms. The maximum atomic E-state index is 13.5. The average molecular weight is 508 g/mol. The van der Waals surface area contributed by atoms with Crippen LogP contribution in [0.4, 0.5) is 0 Å². The molecule has 0 atom stereocenters. The third kappa shape index (κ3) is 5.92. The standard InChI is InChI=1S/C21H21O4P.Ba.2H/c1-16-10-4-7-13-19(16)23-26(22,24-20-14-8-5-11-17(20)2)25-21-15-9-6-12-18(21)3;;;/h4-15H,1-3H3;;;/q;+2;2*-1. The van der Waals surface area contributed by atoms with Gasteiger partial charge in [0.1, 0.15) is 17.2 Å². The number of aryl methyl sites for hydroxylation is 3. The summed E-state index contributed by atoms with van der Waals surface area (Å²) in [4.78, 5) is 0. The second kappa shape index (κ2) is 9.87. The summed E-state index contributed by atoms with van der Waals surface area (Å²) in [5, 5.41) is 0. The predicted octanol–water partition coefficient (Wildman–Crippen LogP) is 6.10. The van der Waals surface area contributed by atoms with Crippen molar-refractivity contribution in [3.63, 3.8) is 0 Å². The number of hydrogen-bond acceptors (Lipinski definition) is 4. The first kappa shape index (κ1) is 22.2. The second-order valence-corrected chi connectivity index (χ2v) is 7.46. The van der Waals surface area contributed by atoms with Crippen LogP contribution in [0, 0.1) is 20.8 Å². The Morgan fingerprint density at radius 1 is 0.593 bits per heavy atom. The quantitative estimate of drug-likeness (QED) is 0.299. The molecule has 0 fully saturated rings. The Morgan fingerprint density at radius 2 is 0.852 bits per heavy atom. The van der Waals surface area contributed by atoms with Crippen LogP contribution in [0.3, 0.4) is 0 Å². The number of rotatable bonds is 6. The SMILES string of the molecule is Cc1ccccc1OP(=O)(Oc1ccccc1C)Oc1ccccc1C.[Ba+2].[H-].[H-]. The van der Waals surface area contributed by atoms with Gasteiger partial charge in [-0.05, 0) is 55.7 Å². The average Bonchev–Trinajstić information content (AvgIpc) is 2.61. The third-order valence-electron chi connectivity index (χ3n) is 3.91. The van der Waals surface area contributed by atoms with Crippen molar-refractivity contribution in [1.29, 1.82) is 0 Å². The van der Waals surface area contributed by atoms with E-state index in [1.165, 1.54) is 0 Å². The van der Waals surface area contributed by atoms with Crippen LogP contribution in [0.2, 0.25) is 0 Å². The van der Waals surface area contributed by atoms with E-state index in [-0.39, 0.29) is 51.7 Å². The van der Waals surface area contributed by atoms with Crippen LogP contribution in [0.15, 0.2) is 72.8 Å². The number of para-hydroxylation sites is 3. The maximum Gasteiger partial charge on any atom is 2.00 e. The second-order valence-electron chi connectivity index (χ2n) is 6.02. The summed E-state index contributed by atoms with van der Waals surface area (Å²) in [6.07, 6.45) is 0. The van der Waals surface area contributed by atoms with Crippen LogP contribution < -0.4 is 13.6 Å². The largest absolute Gasteiger partial charge is 2.00 e. The molecule has 0 saturated heterocycles. The molecule has 3 aromatic rings. The van der Waals surface area contributed by atoms with Crippen LogP contribution in [-0.2, 0) is 4.57 Å². The summed E-state index contributed by atoms with van der Waals surface area (Å²) < 4.78 is 30.8. The van der Waals surface area contributed by atoms with E-state index in [0.29, 0.717) is 17.2 Å². The van der Waals surface area contributed by atoms with Crippen LogP contribution in [0.1, 0.15) is 19.5 Å². The molecule has 4 nitrogen and oxygen atoms in total. The van der Waals surface area contributed by atoms with Gasteiger partial charge in [0, 0.05) is 0 Å². The molecule has 0 bridgehead atoms. The van der Waals surface area contributed by atoms with Crippen LogP contribution in [-0.4, -0.2) is 48.9 Å². The molecule has 0 aliphatic heterocycles. The summed E-state index contributed by atoms with van der Waals surface area (Å²) >= 11 is 0. The van der Waals surface area contributed by atoms with Crippen molar-refractivity contribution >= 4 is 56.7 Å². The molecule has 0 unspecified atom stereocenters. The van der Waals surface area contributed by atoms with E-state index in [4.69, 9.17) is 13.6 Å². The maximum absolute atomic E-state index is 13.5. The van der Waals surface area contributed by atoms with Crippen molar-refractivity contribution in [3.05, 3.63) is 89.5 Å². The van der Waals surface area contributed by atoms with E-state index in [9.17, 15) is 4.57 Å². The molecule has 0 aliphatic rings. The summed E-state index contributed by atoms with van der Waals surface area (Å²) in [5.74, 6) is 1.37. The fraction of sp³-hybridized carbons (Fsp3) is 0.143. The summed E-state index contributed by atoms with van der Waals surface area (Å²) in [6.45, 7) is 5.63. The monoisotopic (exact) mass is 508 g/mol. The van der Waals surface area contributed by atoms with Crippen molar-refractivity contribution in [2.24, 2.45) is 0 Å². The van der Waals surface area contributed by atoms with E-state index in [1.807, 2.05) is 75.4 Å². The molecule has 0 aromatic heterocycles. The van der Waals surface area contributed by atoms with Gasteiger partial charge in [0.25, 0.3) is 0 Å². The summed E-state index contributed by atoms with van der Waals surface area (Å²) in [5.41, 5.74) is 2.53. The van der Waals surface area contributed by atoms with Gasteiger partial charge in [-0.25, -0.2) is 0 Å². The molecule has 0 amide bonds. The normalized spacial score (nSPS) is 10.6. The number of benzene rings is 3. The zero-order chi connectivity index (χ0) is 18.6. The Balaban J connectivity index is 0.00000261. The Bertz CT molecular complexity index is 846. The number of hydrogen-bond donors (Lipinski definition) is 0. The Morgan fingerprint density at radius 3 is 1.11 bits per heavy atom. The third-order valence-corrected chi connectivity index (χ3v) is 5.17. The van der Waals surface area contributed by atoms with Crippen LogP contribution >= 0.6 is 7.82 Å². The molecule has 0 N–H and O–H groups in total. The molecule has 0 aliphatic carbocycles. The van der Waals surface area contributed by atoms with Gasteiger partial charge in [-0.1, -0.05) is 54.6 Å². The smallest absolute Gasteiger partial charge is 1.00 e. The van der Waals surface area contributed by atoms with Crippen molar-refractivity contribution < 1.29 is 21.0 Å². The van der Waals surface area contributed by atoms with Gasteiger partial charge in [-0.2, -0.15) is 4.57 Å². The zero-order valence-corrected chi connectivity index (χ0v) is 21.1. The van der Waals surface area contributed by atoms with Crippen molar-refractivity contribution in [2.45, 2.75) is 20.8 Å². The fourth-order valence-corrected chi connectivity index (χ4v) is 3.84. The molecule has 3 rings (SSSR count). The van der Waals surface area contributed by atoms with Gasteiger partial charge in [0.15, 0.2) is 0 Å². The van der Waals surface area contributed by atoms with Crippen molar-refractivity contribution in [1.82, 2.24) is 0 Å². The Kier molecular flexibility index (Phi) is 8.10. The van der Waals surface area contributed by atoms with E-state index in [1.54, 1.807) is 18.2 Å². The summed E-state index contributed by atoms with van der Waals surface area (Å²) in [7, 11) is -3.97. The first-order chi connectivity index (χ1) is 12.5. The van der Waals surface area contributed by atoms with Gasteiger partial charge >= 0.3 is 56.7 Å². The van der Waals surface area contributed by atoms with Gasteiger partial charge in [0.05, 0.1) is 0 Å². The first-order valence-electron chi connectivity index (χ1n) is 8.32. The number of phosphoric acid groups is 1. The van der Waals surface area contributed by atoms with E-state index in [2.05, 4.69) is 0 Å². The number of phosphoric ester groups is 1. The van der Waals surface area contributed by atoms with E-state index >= 15 is 0 Å². The molecule has 6 heteroatoms. The van der Waals surface area contributed by atoms with Crippen molar-refractivity contribution in [2.75, 3.05) is 0 Å². The van der Waals surface area contributed by atoms with Gasteiger partial charge in [0.2, 0.25) is 0 Å². The summed E-state index contributed by atoms with van der Waals surface area (Å²) in [6, 6.07) is 22.0. The molecule has 0 radical (unpaired) electrons. The molecule has 0 spiro atoms. The zero-order valence-electron chi connectivity index (χ0n) is 17.7. The van der Waals surface area contributed by atoms with Gasteiger partial charge in [-0.3, -0.25) is 0 Å². The first-order valence-corrected chi connectivity index (χ1v) is 9.79. The molecule has 3 aromatic carbocycles. The van der Waals surface area contributed by atoms with Crippen LogP contribution in [0.5, 0.6) is 17.2 Å².